The van der Waals surface area contributed by atoms with E-state index in [0.717, 1.165) is 37.7 Å². The minimum Gasteiger partial charge on any atom is -0.497 e. The Bertz CT molecular complexity index is 1100. The second-order valence-corrected chi connectivity index (χ2v) is 8.25. The predicted octanol–water partition coefficient (Wildman–Crippen LogP) is 1.25. The molecule has 0 aliphatic carbocycles. The second-order valence-electron chi connectivity index (χ2n) is 8.25. The average Bonchev–Trinajstić information content (AvgIpc) is 3.30. The monoisotopic (exact) mass is 451 g/mol. The molecule has 1 amide bonds. The molecule has 0 spiro atoms. The summed E-state index contributed by atoms with van der Waals surface area (Å²) in [5.74, 6) is 2.60. The van der Waals surface area contributed by atoms with E-state index < -0.39 is 0 Å². The van der Waals surface area contributed by atoms with E-state index in [1.165, 1.54) is 5.69 Å². The number of nitrogens with zero attached hydrogens (tertiary/aromatic N) is 7. The number of benzene rings is 1. The Kier molecular flexibility index (Phi) is 6.25. The number of piperazine rings is 1. The normalized spacial score (nSPS) is 16.9. The summed E-state index contributed by atoms with van der Waals surface area (Å²) in [7, 11) is 1.69. The van der Waals surface area contributed by atoms with Crippen LogP contribution in [0.15, 0.2) is 36.4 Å². The van der Waals surface area contributed by atoms with Crippen molar-refractivity contribution in [3.63, 3.8) is 0 Å². The number of aromatic nitrogens is 4. The van der Waals surface area contributed by atoms with Crippen molar-refractivity contribution in [2.45, 2.75) is 12.8 Å². The smallest absolute Gasteiger partial charge is 0.223 e. The molecule has 0 atom stereocenters. The van der Waals surface area contributed by atoms with E-state index in [2.05, 4.69) is 32.1 Å². The van der Waals surface area contributed by atoms with Crippen molar-refractivity contribution < 1.29 is 14.3 Å². The number of carbonyl (C=O) groups is 1. The molecule has 1 aromatic carbocycles. The first-order valence-electron chi connectivity index (χ1n) is 11.4. The number of morpholine rings is 1. The fraction of sp³-hybridized carbons (Fsp3) is 0.478. The summed E-state index contributed by atoms with van der Waals surface area (Å²) >= 11 is 0. The highest BCUT2D eigenvalue weighted by molar-refractivity contribution is 5.76. The van der Waals surface area contributed by atoms with Crippen molar-refractivity contribution in [1.82, 2.24) is 24.7 Å². The van der Waals surface area contributed by atoms with Crippen LogP contribution in [0.4, 0.5) is 11.5 Å². The van der Waals surface area contributed by atoms with Gasteiger partial charge in [0.25, 0.3) is 0 Å². The van der Waals surface area contributed by atoms with Crippen LogP contribution >= 0.6 is 0 Å². The van der Waals surface area contributed by atoms with Crippen LogP contribution in [0.1, 0.15) is 12.2 Å². The van der Waals surface area contributed by atoms with Gasteiger partial charge in [-0.2, -0.15) is 4.52 Å². The Balaban J connectivity index is 1.23. The van der Waals surface area contributed by atoms with Crippen LogP contribution in [0, 0.1) is 0 Å². The number of aryl methyl sites for hydroxylation is 1. The van der Waals surface area contributed by atoms with Crippen molar-refractivity contribution in [2.24, 2.45) is 0 Å². The van der Waals surface area contributed by atoms with Gasteiger partial charge < -0.3 is 24.2 Å². The van der Waals surface area contributed by atoms with E-state index in [4.69, 9.17) is 14.6 Å². The molecule has 3 aromatic rings. The van der Waals surface area contributed by atoms with Crippen LogP contribution in [0.3, 0.4) is 0 Å². The number of amides is 1. The van der Waals surface area contributed by atoms with Gasteiger partial charge in [0.05, 0.1) is 20.3 Å². The van der Waals surface area contributed by atoms with E-state index in [0.29, 0.717) is 50.6 Å². The number of hydrogen-bond donors (Lipinski definition) is 0. The Morgan fingerprint density at radius 3 is 2.58 bits per heavy atom. The first-order chi connectivity index (χ1) is 16.2. The number of methoxy groups -OCH3 is 1. The van der Waals surface area contributed by atoms with Crippen LogP contribution in [-0.2, 0) is 16.0 Å². The minimum absolute atomic E-state index is 0.125. The highest BCUT2D eigenvalue weighted by Crippen LogP contribution is 2.23. The van der Waals surface area contributed by atoms with Crippen molar-refractivity contribution in [2.75, 3.05) is 69.4 Å². The number of rotatable bonds is 6. The van der Waals surface area contributed by atoms with Gasteiger partial charge in [-0.25, -0.2) is 0 Å². The molecule has 5 rings (SSSR count). The van der Waals surface area contributed by atoms with Gasteiger partial charge in [-0.15, -0.1) is 15.3 Å². The van der Waals surface area contributed by atoms with Gasteiger partial charge in [-0.3, -0.25) is 4.79 Å². The van der Waals surface area contributed by atoms with E-state index in [1.807, 2.05) is 29.2 Å². The molecule has 2 aliphatic heterocycles. The topological polar surface area (TPSA) is 88.3 Å². The zero-order valence-electron chi connectivity index (χ0n) is 18.9. The molecule has 2 aromatic heterocycles. The molecule has 0 radical (unpaired) electrons. The maximum absolute atomic E-state index is 12.5. The van der Waals surface area contributed by atoms with Gasteiger partial charge >= 0.3 is 0 Å². The molecule has 0 N–H and O–H groups in total. The van der Waals surface area contributed by atoms with Gasteiger partial charge in [0, 0.05) is 63.9 Å². The molecule has 2 saturated heterocycles. The number of ether oxygens (including phenoxy) is 2. The summed E-state index contributed by atoms with van der Waals surface area (Å²) < 4.78 is 12.5. The molecule has 10 heteroatoms. The van der Waals surface area contributed by atoms with Crippen molar-refractivity contribution in [3.8, 4) is 5.75 Å². The van der Waals surface area contributed by atoms with E-state index >= 15 is 0 Å². The van der Waals surface area contributed by atoms with Crippen molar-refractivity contribution in [3.05, 3.63) is 42.2 Å². The Morgan fingerprint density at radius 1 is 1.00 bits per heavy atom. The summed E-state index contributed by atoms with van der Waals surface area (Å²) in [6.07, 6.45) is 0.906. The van der Waals surface area contributed by atoms with Crippen molar-refractivity contribution >= 4 is 23.1 Å². The van der Waals surface area contributed by atoms with Crippen LogP contribution < -0.4 is 14.5 Å². The fourth-order valence-electron chi connectivity index (χ4n) is 4.34. The molecule has 0 unspecified atom stereocenters. The number of hydrogen-bond acceptors (Lipinski definition) is 8. The molecule has 174 valence electrons. The lowest BCUT2D eigenvalue weighted by atomic mass is 10.2. The lowest BCUT2D eigenvalue weighted by molar-refractivity contribution is -0.135. The summed E-state index contributed by atoms with van der Waals surface area (Å²) in [5.41, 5.74) is 1.87. The third-order valence-corrected chi connectivity index (χ3v) is 6.26. The molecular formula is C23H29N7O3. The average molecular weight is 452 g/mol. The molecule has 10 nitrogen and oxygen atoms in total. The summed E-state index contributed by atoms with van der Waals surface area (Å²) in [6, 6.07) is 12.1. The maximum atomic E-state index is 12.5. The van der Waals surface area contributed by atoms with Crippen molar-refractivity contribution in [1.29, 1.82) is 0 Å². The standard InChI is InChI=1S/C23H29N7O3/c1-32-19-4-2-3-18(17-19)27-9-11-28(12-10-27)22-6-5-20-24-25-21(30(20)26-22)7-8-23(31)29-13-15-33-16-14-29/h2-6,17H,7-16H2,1H3. The third-order valence-electron chi connectivity index (χ3n) is 6.26. The first-order valence-corrected chi connectivity index (χ1v) is 11.4. The quantitative estimate of drug-likeness (QED) is 0.553. The number of fused-ring (bicyclic) bond motifs is 1. The molecule has 2 aliphatic rings. The van der Waals surface area contributed by atoms with Crippen LogP contribution in [0.2, 0.25) is 0 Å². The van der Waals surface area contributed by atoms with E-state index in [1.54, 1.807) is 11.6 Å². The number of anilines is 2. The Hall–Kier alpha value is -3.40. The van der Waals surface area contributed by atoms with Gasteiger partial charge in [0.15, 0.2) is 11.5 Å². The Morgan fingerprint density at radius 2 is 1.79 bits per heavy atom. The SMILES string of the molecule is COc1cccc(N2CCN(c3ccc4nnc(CCC(=O)N5CCOCC5)n4n3)CC2)c1. The van der Waals surface area contributed by atoms with Crippen LogP contribution in [0.25, 0.3) is 5.65 Å². The number of carbonyl (C=O) groups excluding carboxylic acids is 1. The van der Waals surface area contributed by atoms with Crippen LogP contribution in [0.5, 0.6) is 5.75 Å². The van der Waals surface area contributed by atoms with Gasteiger partial charge in [0.2, 0.25) is 5.91 Å². The maximum Gasteiger partial charge on any atom is 0.223 e. The van der Waals surface area contributed by atoms with Gasteiger partial charge in [0.1, 0.15) is 11.6 Å². The molecule has 2 fully saturated rings. The fourth-order valence-corrected chi connectivity index (χ4v) is 4.34. The molecule has 0 bridgehead atoms. The highest BCUT2D eigenvalue weighted by Gasteiger charge is 2.21. The van der Waals surface area contributed by atoms with Crippen LogP contribution in [-0.4, -0.2) is 90.2 Å². The van der Waals surface area contributed by atoms with Gasteiger partial charge in [-0.05, 0) is 24.3 Å². The minimum atomic E-state index is 0.125. The lowest BCUT2D eigenvalue weighted by Gasteiger charge is -2.36. The Labute approximate surface area is 192 Å². The predicted molar refractivity (Wildman–Crippen MR) is 124 cm³/mol. The molecule has 33 heavy (non-hydrogen) atoms. The zero-order chi connectivity index (χ0) is 22.6. The lowest BCUT2D eigenvalue weighted by Crippen LogP contribution is -2.47. The summed E-state index contributed by atoms with van der Waals surface area (Å²) in [5, 5.41) is 13.3. The van der Waals surface area contributed by atoms with E-state index in [-0.39, 0.29) is 5.91 Å². The van der Waals surface area contributed by atoms with Gasteiger partial charge in [-0.1, -0.05) is 6.07 Å². The first kappa shape index (κ1) is 21.4. The highest BCUT2D eigenvalue weighted by atomic mass is 16.5. The molecule has 4 heterocycles. The largest absolute Gasteiger partial charge is 0.497 e. The zero-order valence-corrected chi connectivity index (χ0v) is 18.9. The summed E-state index contributed by atoms with van der Waals surface area (Å²) in [4.78, 5) is 19.0. The second kappa shape index (κ2) is 9.62. The third kappa shape index (κ3) is 4.70. The molecular weight excluding hydrogens is 422 g/mol. The molecule has 0 saturated carbocycles. The summed E-state index contributed by atoms with van der Waals surface area (Å²) in [6.45, 7) is 6.05. The van der Waals surface area contributed by atoms with E-state index in [9.17, 15) is 4.79 Å².